The lowest BCUT2D eigenvalue weighted by atomic mass is 11.0. The molecule has 0 aromatic heterocycles. The van der Waals surface area contributed by atoms with Crippen molar-refractivity contribution in [1.29, 1.82) is 0 Å². The van der Waals surface area contributed by atoms with Gasteiger partial charge in [-0.05, 0) is 0 Å². The second kappa shape index (κ2) is 3.43. The van der Waals surface area contributed by atoms with Crippen molar-refractivity contribution in [3.05, 3.63) is 11.5 Å². The Kier molecular flexibility index (Phi) is 3.57. The first-order chi connectivity index (χ1) is 2.77. The van der Waals surface area contributed by atoms with Gasteiger partial charge in [0.15, 0.2) is 0 Å². The maximum atomic E-state index is 6.64. The Morgan fingerprint density at radius 2 is 2.50 bits per heavy atom. The van der Waals surface area contributed by atoms with Crippen LogP contribution in [0.5, 0.6) is 0 Å². The summed E-state index contributed by atoms with van der Waals surface area (Å²) in [6.07, 6.45) is 0. The Morgan fingerprint density at radius 3 is 2.50 bits per heavy atom. The van der Waals surface area contributed by atoms with Crippen molar-refractivity contribution < 1.29 is 0 Å². The lowest BCUT2D eigenvalue weighted by Gasteiger charge is -2.08. The summed E-state index contributed by atoms with van der Waals surface area (Å²) in [5.41, 5.74) is 6.64. The van der Waals surface area contributed by atoms with E-state index in [1.807, 2.05) is 6.92 Å². The molecular weight excluding hydrogens is 114 g/mol. The fraction of sp³-hybridized carbons (Fsp3) is 0.333. The van der Waals surface area contributed by atoms with Crippen LogP contribution in [0.4, 0.5) is 0 Å². The minimum absolute atomic E-state index is 0.234. The first-order valence-electron chi connectivity index (χ1n) is 1.47. The van der Waals surface area contributed by atoms with E-state index in [1.54, 1.807) is 5.75 Å². The molecule has 0 fully saturated rings. The molecule has 0 aliphatic rings. The van der Waals surface area contributed by atoms with Gasteiger partial charge in [0.05, 0.1) is 0 Å². The van der Waals surface area contributed by atoms with Crippen LogP contribution in [0.15, 0.2) is 0 Å². The van der Waals surface area contributed by atoms with Gasteiger partial charge in [-0.15, -0.1) is 12.2 Å². The molecule has 3 heteroatoms. The van der Waals surface area contributed by atoms with Crippen LogP contribution in [0, 0.1) is 5.75 Å². The quantitative estimate of drug-likeness (QED) is 0.390. The molecule has 6 heavy (non-hydrogen) atoms. The molecule has 0 unspecified atom stereocenters. The Hall–Kier alpha value is 0.240. The summed E-state index contributed by atoms with van der Waals surface area (Å²) in [6.45, 7) is 1.85. The first-order valence-corrected chi connectivity index (χ1v) is 2.76. The van der Waals surface area contributed by atoms with Gasteiger partial charge in [-0.25, -0.2) is 0 Å². The van der Waals surface area contributed by atoms with Crippen LogP contribution >= 0.6 is 24.0 Å². The summed E-state index contributed by atoms with van der Waals surface area (Å²) in [6, 6.07) is 0. The van der Waals surface area contributed by atoms with Crippen molar-refractivity contribution >= 4 is 28.3 Å². The van der Waals surface area contributed by atoms with E-state index >= 15 is 0 Å². The van der Waals surface area contributed by atoms with Gasteiger partial charge in [0.1, 0.15) is 0 Å². The highest BCUT2D eigenvalue weighted by Crippen LogP contribution is 2.05. The Labute approximate surface area is 47.3 Å². The molecule has 0 amide bonds. The van der Waals surface area contributed by atoms with Gasteiger partial charge < -0.3 is 17.5 Å². The minimum Gasteiger partial charge on any atom is -0.686 e. The molecule has 0 aliphatic heterocycles. The zero-order valence-electron chi connectivity index (χ0n) is 3.39. The summed E-state index contributed by atoms with van der Waals surface area (Å²) in [5, 5.41) is 0. The van der Waals surface area contributed by atoms with E-state index in [0.717, 1.165) is 0 Å². The molecule has 0 rings (SSSR count). The monoisotopic (exact) mass is 119 g/mol. The van der Waals surface area contributed by atoms with Crippen molar-refractivity contribution in [2.75, 3.05) is 0 Å². The van der Waals surface area contributed by atoms with E-state index in [1.165, 1.54) is 11.8 Å². The molecule has 1 N–H and O–H groups in total. The van der Waals surface area contributed by atoms with Gasteiger partial charge in [0.25, 0.3) is 0 Å². The number of rotatable bonds is 1. The van der Waals surface area contributed by atoms with Gasteiger partial charge in [-0.2, -0.15) is 6.92 Å². The first kappa shape index (κ1) is 6.24. The Morgan fingerprint density at radius 1 is 2.00 bits per heavy atom. The molecule has 1 nitrogen and oxygen atoms in total. The van der Waals surface area contributed by atoms with E-state index in [2.05, 4.69) is 12.2 Å². The SMILES string of the molecule is C[CH-]SC([NH-])=S. The topological polar surface area (TPSA) is 23.8 Å². The molecule has 0 aliphatic carbocycles. The van der Waals surface area contributed by atoms with Gasteiger partial charge in [-0.3, -0.25) is 5.75 Å². The third-order valence-corrected chi connectivity index (χ3v) is 0.963. The Bertz CT molecular complexity index is 52.8. The molecular formula is C3H5NS2-2. The van der Waals surface area contributed by atoms with E-state index in [0.29, 0.717) is 0 Å². The molecule has 0 saturated heterocycles. The second-order valence-corrected chi connectivity index (χ2v) is 2.42. The van der Waals surface area contributed by atoms with Crippen molar-refractivity contribution in [3.8, 4) is 0 Å². The number of hydrogen-bond acceptors (Lipinski definition) is 2. The molecule has 0 aromatic carbocycles. The zero-order chi connectivity index (χ0) is 4.99. The van der Waals surface area contributed by atoms with Crippen LogP contribution in [0.25, 0.3) is 5.73 Å². The van der Waals surface area contributed by atoms with Crippen LogP contribution in [-0.4, -0.2) is 4.32 Å². The molecule has 0 bridgehead atoms. The molecule has 0 saturated carbocycles. The van der Waals surface area contributed by atoms with E-state index < -0.39 is 0 Å². The predicted octanol–water partition coefficient (Wildman–Crippen LogP) is 2.24. The van der Waals surface area contributed by atoms with Crippen LogP contribution in [0.1, 0.15) is 6.92 Å². The van der Waals surface area contributed by atoms with Gasteiger partial charge in [0, 0.05) is 0 Å². The second-order valence-electron chi connectivity index (χ2n) is 0.641. The van der Waals surface area contributed by atoms with Crippen molar-refractivity contribution in [2.24, 2.45) is 0 Å². The van der Waals surface area contributed by atoms with Crippen LogP contribution in [0.3, 0.4) is 0 Å². The molecule has 0 spiro atoms. The van der Waals surface area contributed by atoms with E-state index in [9.17, 15) is 0 Å². The Balaban J connectivity index is 2.83. The smallest absolute Gasteiger partial charge is 0.0743 e. The number of thiocarbonyl (C=S) groups is 1. The van der Waals surface area contributed by atoms with Crippen molar-refractivity contribution in [1.82, 2.24) is 0 Å². The highest BCUT2D eigenvalue weighted by Gasteiger charge is 1.57. The van der Waals surface area contributed by atoms with Gasteiger partial charge in [0.2, 0.25) is 0 Å². The van der Waals surface area contributed by atoms with Crippen LogP contribution < -0.4 is 0 Å². The molecule has 0 aromatic rings. The highest BCUT2D eigenvalue weighted by atomic mass is 32.2. The highest BCUT2D eigenvalue weighted by molar-refractivity contribution is 8.24. The summed E-state index contributed by atoms with van der Waals surface area (Å²) >= 11 is 5.65. The number of nitrogens with one attached hydrogen (secondary N) is 1. The van der Waals surface area contributed by atoms with Crippen LogP contribution in [-0.2, 0) is 0 Å². The zero-order valence-corrected chi connectivity index (χ0v) is 5.03. The average molecular weight is 119 g/mol. The predicted molar refractivity (Wildman–Crippen MR) is 34.5 cm³/mol. The van der Waals surface area contributed by atoms with Crippen molar-refractivity contribution in [2.45, 2.75) is 6.92 Å². The standard InChI is InChI=1S/C3H6NS2/c1-2-6-3(4)5/h2H,1H3,(H2,4,5)/q-1/p-1. The van der Waals surface area contributed by atoms with Crippen LogP contribution in [0.2, 0.25) is 0 Å². The van der Waals surface area contributed by atoms with E-state index in [4.69, 9.17) is 5.73 Å². The molecule has 36 valence electrons. The summed E-state index contributed by atoms with van der Waals surface area (Å²) in [4.78, 5) is 0. The van der Waals surface area contributed by atoms with Crippen molar-refractivity contribution in [3.63, 3.8) is 0 Å². The number of hydrogen-bond donors (Lipinski definition) is 0. The van der Waals surface area contributed by atoms with Gasteiger partial charge in [-0.1, -0.05) is 4.32 Å². The lowest BCUT2D eigenvalue weighted by molar-refractivity contribution is 1.74. The van der Waals surface area contributed by atoms with E-state index in [-0.39, 0.29) is 4.32 Å². The summed E-state index contributed by atoms with van der Waals surface area (Å²) < 4.78 is 0.234. The fourth-order valence-electron chi connectivity index (χ4n) is 0.107. The molecule has 0 atom stereocenters. The summed E-state index contributed by atoms with van der Waals surface area (Å²) in [5.74, 6) is 1.79. The molecule has 0 radical (unpaired) electrons. The fourth-order valence-corrected chi connectivity index (χ4v) is 0.610. The van der Waals surface area contributed by atoms with Gasteiger partial charge >= 0.3 is 0 Å². The maximum absolute atomic E-state index is 6.64. The summed E-state index contributed by atoms with van der Waals surface area (Å²) in [7, 11) is 0. The minimum atomic E-state index is 0.234. The lowest BCUT2D eigenvalue weighted by Crippen LogP contribution is -1.67. The third-order valence-electron chi connectivity index (χ3n) is 0.225. The maximum Gasteiger partial charge on any atom is -0.0743 e. The molecule has 0 heterocycles. The number of thioether (sulfide) groups is 1. The normalized spacial score (nSPS) is 8.17. The third kappa shape index (κ3) is 4.24. The largest absolute Gasteiger partial charge is 0.686 e. The average Bonchev–Trinajstić information content (AvgIpc) is 1.35.